The van der Waals surface area contributed by atoms with Gasteiger partial charge in [0.1, 0.15) is 5.82 Å². The first-order valence-corrected chi connectivity index (χ1v) is 6.41. The molecule has 0 saturated carbocycles. The first-order valence-electron chi connectivity index (χ1n) is 6.41. The van der Waals surface area contributed by atoms with Crippen molar-refractivity contribution in [2.75, 3.05) is 20.3 Å². The number of halogens is 4. The van der Waals surface area contributed by atoms with E-state index in [0.717, 1.165) is 6.07 Å². The Morgan fingerprint density at radius 3 is 2.45 bits per heavy atom. The quantitative estimate of drug-likeness (QED) is 0.790. The van der Waals surface area contributed by atoms with Crippen LogP contribution in [0.15, 0.2) is 18.2 Å². The molecule has 0 aromatic heterocycles. The maximum absolute atomic E-state index is 13.3. The molecule has 4 nitrogen and oxygen atoms in total. The van der Waals surface area contributed by atoms with Crippen molar-refractivity contribution in [2.45, 2.75) is 25.1 Å². The smallest absolute Gasteiger partial charge is 0.396 e. The monoisotopic (exact) mass is 323 g/mol. The Morgan fingerprint density at radius 2 is 1.95 bits per heavy atom. The number of aliphatic hydroxyl groups excluding tert-OH is 1. The lowest BCUT2D eigenvalue weighted by Gasteiger charge is -2.29. The molecular weight excluding hydrogens is 306 g/mol. The van der Waals surface area contributed by atoms with E-state index >= 15 is 0 Å². The Kier molecular flexibility index (Phi) is 5.90. The van der Waals surface area contributed by atoms with Crippen LogP contribution >= 0.6 is 0 Å². The number of alkyl halides is 3. The van der Waals surface area contributed by atoms with E-state index in [1.807, 2.05) is 0 Å². The zero-order valence-electron chi connectivity index (χ0n) is 12.1. The fourth-order valence-corrected chi connectivity index (χ4v) is 1.97. The number of ether oxygens (including phenoxy) is 1. The molecule has 0 fully saturated rings. The van der Waals surface area contributed by atoms with Crippen LogP contribution in [0.25, 0.3) is 0 Å². The van der Waals surface area contributed by atoms with Crippen molar-refractivity contribution >= 4 is 5.91 Å². The van der Waals surface area contributed by atoms with E-state index in [9.17, 15) is 22.4 Å². The van der Waals surface area contributed by atoms with Crippen molar-refractivity contribution < 1.29 is 32.2 Å². The van der Waals surface area contributed by atoms with Gasteiger partial charge in [-0.25, -0.2) is 4.39 Å². The third kappa shape index (κ3) is 4.96. The lowest BCUT2D eigenvalue weighted by molar-refractivity contribution is -0.137. The van der Waals surface area contributed by atoms with Crippen LogP contribution in [0.1, 0.15) is 29.3 Å². The summed E-state index contributed by atoms with van der Waals surface area (Å²) < 4.78 is 56.1. The molecule has 1 atom stereocenters. The van der Waals surface area contributed by atoms with E-state index in [0.29, 0.717) is 12.1 Å². The van der Waals surface area contributed by atoms with Gasteiger partial charge in [0.2, 0.25) is 0 Å². The fraction of sp³-hybridized carbons (Fsp3) is 0.500. The van der Waals surface area contributed by atoms with Gasteiger partial charge in [-0.05, 0) is 31.5 Å². The van der Waals surface area contributed by atoms with Crippen LogP contribution in [0.2, 0.25) is 0 Å². The van der Waals surface area contributed by atoms with Gasteiger partial charge >= 0.3 is 6.18 Å². The van der Waals surface area contributed by atoms with E-state index in [4.69, 9.17) is 9.84 Å². The molecule has 124 valence electrons. The van der Waals surface area contributed by atoms with Crippen molar-refractivity contribution in [1.82, 2.24) is 5.32 Å². The Balaban J connectivity index is 3.05. The minimum Gasteiger partial charge on any atom is -0.396 e. The minimum absolute atomic E-state index is 0.0424. The lowest BCUT2D eigenvalue weighted by atomic mass is 9.98. The molecule has 0 aliphatic carbocycles. The van der Waals surface area contributed by atoms with Gasteiger partial charge in [-0.1, -0.05) is 0 Å². The van der Waals surface area contributed by atoms with Crippen LogP contribution in [0.4, 0.5) is 17.6 Å². The maximum Gasteiger partial charge on any atom is 0.416 e. The van der Waals surface area contributed by atoms with Crippen LogP contribution in [0.3, 0.4) is 0 Å². The fourth-order valence-electron chi connectivity index (χ4n) is 1.97. The number of carbonyl (C=O) groups is 1. The van der Waals surface area contributed by atoms with E-state index < -0.39 is 34.6 Å². The molecule has 1 rings (SSSR count). The van der Waals surface area contributed by atoms with Crippen LogP contribution < -0.4 is 5.32 Å². The number of amides is 1. The molecule has 1 aromatic carbocycles. The Labute approximate surface area is 125 Å². The normalized spacial score (nSPS) is 14.5. The molecule has 0 aliphatic rings. The standard InChI is InChI=1S/C14H17F4NO3/c1-13(3-4-20,8-22-2)19-12(21)9-5-10(14(16,17)18)7-11(15)6-9/h5-7,20H,3-4,8H2,1-2H3,(H,19,21). The molecule has 0 heterocycles. The Bertz CT molecular complexity index is 525. The first kappa shape index (κ1) is 18.4. The number of nitrogens with one attached hydrogen (secondary N) is 1. The summed E-state index contributed by atoms with van der Waals surface area (Å²) >= 11 is 0. The molecule has 2 N–H and O–H groups in total. The van der Waals surface area contributed by atoms with E-state index in [1.54, 1.807) is 6.92 Å². The van der Waals surface area contributed by atoms with Gasteiger partial charge in [-0.3, -0.25) is 4.79 Å². The predicted molar refractivity (Wildman–Crippen MR) is 70.9 cm³/mol. The number of rotatable bonds is 6. The predicted octanol–water partition coefficient (Wildman–Crippen LogP) is 2.36. The van der Waals surface area contributed by atoms with Crippen molar-refractivity contribution in [3.63, 3.8) is 0 Å². The van der Waals surface area contributed by atoms with Gasteiger partial charge in [0.05, 0.1) is 17.7 Å². The second-order valence-electron chi connectivity index (χ2n) is 5.15. The van der Waals surface area contributed by atoms with Gasteiger partial charge in [-0.15, -0.1) is 0 Å². The molecule has 1 amide bonds. The summed E-state index contributed by atoms with van der Waals surface area (Å²) in [5, 5.41) is 11.5. The zero-order valence-corrected chi connectivity index (χ0v) is 12.1. The van der Waals surface area contributed by atoms with Crippen molar-refractivity contribution in [1.29, 1.82) is 0 Å². The third-order valence-corrected chi connectivity index (χ3v) is 3.03. The highest BCUT2D eigenvalue weighted by Crippen LogP contribution is 2.30. The highest BCUT2D eigenvalue weighted by Gasteiger charge is 2.33. The third-order valence-electron chi connectivity index (χ3n) is 3.03. The Hall–Kier alpha value is -1.67. The molecular formula is C14H17F4NO3. The van der Waals surface area contributed by atoms with Crippen LogP contribution in [0.5, 0.6) is 0 Å². The summed E-state index contributed by atoms with van der Waals surface area (Å²) in [6, 6.07) is 1.61. The number of aliphatic hydroxyl groups is 1. The largest absolute Gasteiger partial charge is 0.416 e. The van der Waals surface area contributed by atoms with Crippen molar-refractivity contribution in [2.24, 2.45) is 0 Å². The molecule has 0 aliphatic heterocycles. The van der Waals surface area contributed by atoms with E-state index in [-0.39, 0.29) is 19.6 Å². The number of carbonyl (C=O) groups excluding carboxylic acids is 1. The average molecular weight is 323 g/mol. The molecule has 8 heteroatoms. The summed E-state index contributed by atoms with van der Waals surface area (Å²) in [7, 11) is 1.38. The SMILES string of the molecule is COCC(C)(CCO)NC(=O)c1cc(F)cc(C(F)(F)F)c1. The zero-order chi connectivity index (χ0) is 17.0. The number of hydrogen-bond donors (Lipinski definition) is 2. The molecule has 0 spiro atoms. The van der Waals surface area contributed by atoms with Crippen LogP contribution in [-0.2, 0) is 10.9 Å². The van der Waals surface area contributed by atoms with Gasteiger partial charge in [0, 0.05) is 19.3 Å². The highest BCUT2D eigenvalue weighted by atomic mass is 19.4. The number of methoxy groups -OCH3 is 1. The highest BCUT2D eigenvalue weighted by molar-refractivity contribution is 5.94. The summed E-state index contributed by atoms with van der Waals surface area (Å²) in [5.41, 5.74) is -2.67. The van der Waals surface area contributed by atoms with E-state index in [2.05, 4.69) is 5.32 Å². The molecule has 1 unspecified atom stereocenters. The maximum atomic E-state index is 13.3. The lowest BCUT2D eigenvalue weighted by Crippen LogP contribution is -2.50. The summed E-state index contributed by atoms with van der Waals surface area (Å²) in [5.74, 6) is -2.03. The summed E-state index contributed by atoms with van der Waals surface area (Å²) in [4.78, 5) is 12.1. The summed E-state index contributed by atoms with van der Waals surface area (Å²) in [6.45, 7) is 1.35. The molecule has 1 aromatic rings. The topological polar surface area (TPSA) is 58.6 Å². The van der Waals surface area contributed by atoms with Crippen LogP contribution in [-0.4, -0.2) is 36.9 Å². The second-order valence-corrected chi connectivity index (χ2v) is 5.15. The molecule has 22 heavy (non-hydrogen) atoms. The second kappa shape index (κ2) is 7.06. The average Bonchev–Trinajstić information content (AvgIpc) is 2.37. The van der Waals surface area contributed by atoms with Crippen LogP contribution in [0, 0.1) is 5.82 Å². The molecule has 0 bridgehead atoms. The van der Waals surface area contributed by atoms with Gasteiger partial charge in [-0.2, -0.15) is 13.2 Å². The number of hydrogen-bond acceptors (Lipinski definition) is 3. The van der Waals surface area contributed by atoms with Gasteiger partial charge in [0.15, 0.2) is 0 Å². The Morgan fingerprint density at radius 1 is 1.32 bits per heavy atom. The first-order chi connectivity index (χ1) is 10.1. The van der Waals surface area contributed by atoms with Crippen molar-refractivity contribution in [3.05, 3.63) is 35.1 Å². The minimum atomic E-state index is -4.75. The van der Waals surface area contributed by atoms with E-state index in [1.165, 1.54) is 7.11 Å². The number of benzene rings is 1. The van der Waals surface area contributed by atoms with Gasteiger partial charge < -0.3 is 15.2 Å². The molecule has 0 radical (unpaired) electrons. The summed E-state index contributed by atoms with van der Waals surface area (Å²) in [6.07, 6.45) is -4.62. The molecule has 0 saturated heterocycles. The van der Waals surface area contributed by atoms with Crippen molar-refractivity contribution in [3.8, 4) is 0 Å². The van der Waals surface area contributed by atoms with Gasteiger partial charge in [0.25, 0.3) is 5.91 Å².